The van der Waals surface area contributed by atoms with Gasteiger partial charge in [0.2, 0.25) is 5.91 Å². The van der Waals surface area contributed by atoms with Crippen molar-refractivity contribution in [2.45, 2.75) is 13.8 Å². The number of anilines is 1. The van der Waals surface area contributed by atoms with Crippen LogP contribution in [0.5, 0.6) is 11.5 Å². The van der Waals surface area contributed by atoms with E-state index in [1.807, 2.05) is 32.0 Å². The highest BCUT2D eigenvalue weighted by Crippen LogP contribution is 2.35. The number of hydrogen-bond acceptors (Lipinski definition) is 4. The van der Waals surface area contributed by atoms with E-state index in [1.165, 1.54) is 19.1 Å². The lowest BCUT2D eigenvalue weighted by molar-refractivity contribution is -0.116. The quantitative estimate of drug-likeness (QED) is 0.750. The highest BCUT2D eigenvalue weighted by atomic mass is 79.9. The molecule has 1 N–H and O–H groups in total. The van der Waals surface area contributed by atoms with Crippen molar-refractivity contribution in [2.24, 2.45) is 0 Å². The number of carbonyl (C=O) groups excluding carboxylic acids is 2. The SMILES string of the molecule is COc1cc(C(=O)N(C)CC(=O)Nc2cccc(C)c2C)cc(OC)c1Br. The van der Waals surface area contributed by atoms with Gasteiger partial charge in [-0.05, 0) is 59.1 Å². The van der Waals surface area contributed by atoms with Gasteiger partial charge in [0.15, 0.2) is 0 Å². The van der Waals surface area contributed by atoms with Gasteiger partial charge in [0.1, 0.15) is 16.0 Å². The fourth-order valence-electron chi connectivity index (χ4n) is 2.58. The Morgan fingerprint density at radius 2 is 1.70 bits per heavy atom. The number of rotatable bonds is 6. The third-order valence-electron chi connectivity index (χ3n) is 4.30. The molecule has 27 heavy (non-hydrogen) atoms. The van der Waals surface area contributed by atoms with Gasteiger partial charge in [0, 0.05) is 18.3 Å². The standard InChI is InChI=1S/C20H23BrN2O4/c1-12-7-6-8-15(13(12)2)22-18(24)11-23(3)20(25)14-9-16(26-4)19(21)17(10-14)27-5/h6-10H,11H2,1-5H3,(H,22,24). The topological polar surface area (TPSA) is 67.9 Å². The normalized spacial score (nSPS) is 10.3. The number of likely N-dealkylation sites (N-methyl/N-ethyl adjacent to an activating group) is 1. The van der Waals surface area contributed by atoms with Crippen molar-refractivity contribution in [3.8, 4) is 11.5 Å². The molecule has 0 aliphatic rings. The summed E-state index contributed by atoms with van der Waals surface area (Å²) in [5, 5.41) is 2.85. The van der Waals surface area contributed by atoms with Crippen LogP contribution in [0.25, 0.3) is 0 Å². The second-order valence-corrected chi connectivity index (χ2v) is 6.94. The molecule has 0 aliphatic carbocycles. The van der Waals surface area contributed by atoms with Gasteiger partial charge in [-0.15, -0.1) is 0 Å². The fraction of sp³-hybridized carbons (Fsp3) is 0.300. The van der Waals surface area contributed by atoms with E-state index in [0.717, 1.165) is 16.8 Å². The minimum absolute atomic E-state index is 0.0765. The maximum absolute atomic E-state index is 12.7. The molecule has 7 heteroatoms. The third kappa shape index (κ3) is 4.80. The minimum Gasteiger partial charge on any atom is -0.495 e. The summed E-state index contributed by atoms with van der Waals surface area (Å²) in [6, 6.07) is 8.91. The van der Waals surface area contributed by atoms with E-state index in [4.69, 9.17) is 9.47 Å². The first-order valence-corrected chi connectivity index (χ1v) is 9.10. The maximum Gasteiger partial charge on any atom is 0.254 e. The molecular weight excluding hydrogens is 412 g/mol. The molecule has 0 aromatic heterocycles. The zero-order chi connectivity index (χ0) is 20.1. The predicted octanol–water partition coefficient (Wildman–Crippen LogP) is 3.79. The summed E-state index contributed by atoms with van der Waals surface area (Å²) < 4.78 is 11.2. The molecule has 2 amide bonds. The monoisotopic (exact) mass is 434 g/mol. The number of amides is 2. The van der Waals surface area contributed by atoms with Crippen molar-refractivity contribution in [3.63, 3.8) is 0 Å². The first-order valence-electron chi connectivity index (χ1n) is 8.31. The van der Waals surface area contributed by atoms with Gasteiger partial charge < -0.3 is 19.7 Å². The van der Waals surface area contributed by atoms with E-state index in [1.54, 1.807) is 19.2 Å². The Kier molecular flexibility index (Phi) is 6.85. The van der Waals surface area contributed by atoms with Crippen LogP contribution in [0, 0.1) is 13.8 Å². The van der Waals surface area contributed by atoms with E-state index < -0.39 is 0 Å². The molecule has 0 bridgehead atoms. The van der Waals surface area contributed by atoms with Crippen LogP contribution in [0.2, 0.25) is 0 Å². The first kappa shape index (κ1) is 20.8. The lowest BCUT2D eigenvalue weighted by Crippen LogP contribution is -2.35. The van der Waals surface area contributed by atoms with Gasteiger partial charge in [-0.3, -0.25) is 9.59 Å². The Morgan fingerprint density at radius 3 is 2.26 bits per heavy atom. The number of nitrogens with one attached hydrogen (secondary N) is 1. The number of ether oxygens (including phenoxy) is 2. The van der Waals surface area contributed by atoms with E-state index >= 15 is 0 Å². The third-order valence-corrected chi connectivity index (χ3v) is 5.08. The van der Waals surface area contributed by atoms with E-state index in [0.29, 0.717) is 21.5 Å². The zero-order valence-electron chi connectivity index (χ0n) is 16.1. The largest absolute Gasteiger partial charge is 0.495 e. The van der Waals surface area contributed by atoms with Crippen molar-refractivity contribution in [1.82, 2.24) is 4.90 Å². The molecule has 0 aliphatic heterocycles. The molecule has 0 radical (unpaired) electrons. The molecule has 2 aromatic rings. The number of hydrogen-bond donors (Lipinski definition) is 1. The number of aryl methyl sites for hydroxylation is 1. The van der Waals surface area contributed by atoms with Crippen LogP contribution in [0.1, 0.15) is 21.5 Å². The fourth-order valence-corrected chi connectivity index (χ4v) is 3.13. The van der Waals surface area contributed by atoms with Crippen LogP contribution in [-0.2, 0) is 4.79 Å². The Bertz CT molecular complexity index is 842. The Hall–Kier alpha value is -2.54. The van der Waals surface area contributed by atoms with Crippen LogP contribution in [0.15, 0.2) is 34.8 Å². The molecule has 0 spiro atoms. The molecule has 0 fully saturated rings. The van der Waals surface area contributed by atoms with Crippen molar-refractivity contribution in [3.05, 3.63) is 51.5 Å². The Morgan fingerprint density at radius 1 is 1.11 bits per heavy atom. The summed E-state index contributed by atoms with van der Waals surface area (Å²) in [7, 11) is 4.59. The summed E-state index contributed by atoms with van der Waals surface area (Å²) in [5.74, 6) is 0.377. The van der Waals surface area contributed by atoms with Crippen LogP contribution in [0.4, 0.5) is 5.69 Å². The van der Waals surface area contributed by atoms with Crippen LogP contribution in [-0.4, -0.2) is 44.5 Å². The Balaban J connectivity index is 2.13. The van der Waals surface area contributed by atoms with Gasteiger partial charge >= 0.3 is 0 Å². The zero-order valence-corrected chi connectivity index (χ0v) is 17.6. The van der Waals surface area contributed by atoms with Gasteiger partial charge in [0.25, 0.3) is 5.91 Å². The molecule has 0 atom stereocenters. The van der Waals surface area contributed by atoms with Crippen molar-refractivity contribution in [2.75, 3.05) is 33.1 Å². The van der Waals surface area contributed by atoms with Crippen LogP contribution < -0.4 is 14.8 Å². The van der Waals surface area contributed by atoms with Gasteiger partial charge in [0.05, 0.1) is 20.8 Å². The van der Waals surface area contributed by atoms with Crippen molar-refractivity contribution in [1.29, 1.82) is 0 Å². The van der Waals surface area contributed by atoms with Crippen LogP contribution >= 0.6 is 15.9 Å². The summed E-state index contributed by atoms with van der Waals surface area (Å²) in [6.07, 6.45) is 0. The van der Waals surface area contributed by atoms with Crippen LogP contribution in [0.3, 0.4) is 0 Å². The smallest absolute Gasteiger partial charge is 0.254 e. The van der Waals surface area contributed by atoms with E-state index in [-0.39, 0.29) is 18.4 Å². The molecular formula is C20H23BrN2O4. The summed E-state index contributed by atoms with van der Waals surface area (Å²) in [5.41, 5.74) is 3.20. The number of benzene rings is 2. The second kappa shape index (κ2) is 8.90. The molecule has 0 unspecified atom stereocenters. The number of methoxy groups -OCH3 is 2. The molecule has 144 valence electrons. The average molecular weight is 435 g/mol. The Labute approximate surface area is 167 Å². The second-order valence-electron chi connectivity index (χ2n) is 6.15. The first-order chi connectivity index (χ1) is 12.8. The molecule has 6 nitrogen and oxygen atoms in total. The van der Waals surface area contributed by atoms with Gasteiger partial charge in [-0.2, -0.15) is 0 Å². The summed E-state index contributed by atoms with van der Waals surface area (Å²) in [6.45, 7) is 3.85. The summed E-state index contributed by atoms with van der Waals surface area (Å²) >= 11 is 3.37. The average Bonchev–Trinajstić information content (AvgIpc) is 2.65. The highest BCUT2D eigenvalue weighted by molar-refractivity contribution is 9.10. The van der Waals surface area contributed by atoms with E-state index in [9.17, 15) is 9.59 Å². The molecule has 0 saturated heterocycles. The highest BCUT2D eigenvalue weighted by Gasteiger charge is 2.19. The summed E-state index contributed by atoms with van der Waals surface area (Å²) in [4.78, 5) is 26.4. The maximum atomic E-state index is 12.7. The van der Waals surface area contributed by atoms with Gasteiger partial charge in [-0.25, -0.2) is 0 Å². The lowest BCUT2D eigenvalue weighted by Gasteiger charge is -2.19. The molecule has 0 heterocycles. The van der Waals surface area contributed by atoms with Crippen molar-refractivity contribution >= 4 is 33.4 Å². The van der Waals surface area contributed by atoms with Crippen molar-refractivity contribution < 1.29 is 19.1 Å². The molecule has 2 rings (SSSR count). The number of nitrogens with zero attached hydrogens (tertiary/aromatic N) is 1. The molecule has 2 aromatic carbocycles. The van der Waals surface area contributed by atoms with Gasteiger partial charge in [-0.1, -0.05) is 12.1 Å². The minimum atomic E-state index is -0.310. The lowest BCUT2D eigenvalue weighted by atomic mass is 10.1. The number of carbonyl (C=O) groups is 2. The molecule has 0 saturated carbocycles. The van der Waals surface area contributed by atoms with E-state index in [2.05, 4.69) is 21.2 Å². The number of halogens is 1. The predicted molar refractivity (Wildman–Crippen MR) is 109 cm³/mol.